The third-order valence-corrected chi connectivity index (χ3v) is 5.87. The molecule has 144 valence electrons. The standard InChI is InChI=1S/C20H15Br2N7/c1-28-8-14(12-5-10(21)3-4-16(12)28)17-18(26-27-20(23)25-17)15-9-29(2)19-13(15)6-11(22)7-24-19/h3-9H,1-2H3,(H2,23,25,27). The summed E-state index contributed by atoms with van der Waals surface area (Å²) >= 11 is 7.09. The van der Waals surface area contributed by atoms with Crippen LogP contribution in [0, 0.1) is 0 Å². The van der Waals surface area contributed by atoms with Crippen molar-refractivity contribution in [2.75, 3.05) is 5.73 Å². The number of benzene rings is 1. The van der Waals surface area contributed by atoms with Gasteiger partial charge in [-0.25, -0.2) is 9.97 Å². The van der Waals surface area contributed by atoms with Gasteiger partial charge in [0.25, 0.3) is 0 Å². The van der Waals surface area contributed by atoms with E-state index in [4.69, 9.17) is 5.73 Å². The predicted molar refractivity (Wildman–Crippen MR) is 121 cm³/mol. The van der Waals surface area contributed by atoms with E-state index >= 15 is 0 Å². The van der Waals surface area contributed by atoms with E-state index in [1.807, 2.05) is 43.2 Å². The maximum Gasteiger partial charge on any atom is 0.240 e. The number of anilines is 1. The van der Waals surface area contributed by atoms with Crippen LogP contribution in [0.25, 0.3) is 44.5 Å². The molecule has 29 heavy (non-hydrogen) atoms. The van der Waals surface area contributed by atoms with E-state index in [1.54, 1.807) is 6.20 Å². The van der Waals surface area contributed by atoms with Gasteiger partial charge in [0, 0.05) is 69.0 Å². The molecule has 1 aromatic carbocycles. The number of nitrogens with zero attached hydrogens (tertiary/aromatic N) is 6. The molecule has 0 fully saturated rings. The van der Waals surface area contributed by atoms with Gasteiger partial charge in [-0.05, 0) is 40.2 Å². The number of pyridine rings is 1. The van der Waals surface area contributed by atoms with Crippen LogP contribution in [0.4, 0.5) is 5.95 Å². The van der Waals surface area contributed by atoms with Gasteiger partial charge in [-0.15, -0.1) is 10.2 Å². The summed E-state index contributed by atoms with van der Waals surface area (Å²) in [6.07, 6.45) is 5.82. The molecule has 0 unspecified atom stereocenters. The van der Waals surface area contributed by atoms with Crippen LogP contribution in [0.2, 0.25) is 0 Å². The molecule has 0 saturated heterocycles. The van der Waals surface area contributed by atoms with Crippen molar-refractivity contribution in [3.8, 4) is 22.5 Å². The van der Waals surface area contributed by atoms with Crippen LogP contribution >= 0.6 is 31.9 Å². The Balaban J connectivity index is 1.86. The molecule has 0 atom stereocenters. The second kappa shape index (κ2) is 6.64. The fraction of sp³-hybridized carbons (Fsp3) is 0.100. The van der Waals surface area contributed by atoms with Gasteiger partial charge in [-0.2, -0.15) is 0 Å². The van der Waals surface area contributed by atoms with E-state index in [-0.39, 0.29) is 5.95 Å². The summed E-state index contributed by atoms with van der Waals surface area (Å²) < 4.78 is 5.93. The maximum absolute atomic E-state index is 5.94. The van der Waals surface area contributed by atoms with Crippen LogP contribution in [0.5, 0.6) is 0 Å². The minimum atomic E-state index is 0.135. The molecule has 7 nitrogen and oxygen atoms in total. The second-order valence-corrected chi connectivity index (χ2v) is 8.69. The third kappa shape index (κ3) is 2.92. The molecule has 0 amide bonds. The molecule has 2 N–H and O–H groups in total. The van der Waals surface area contributed by atoms with E-state index < -0.39 is 0 Å². The monoisotopic (exact) mass is 511 g/mol. The first-order chi connectivity index (χ1) is 13.9. The lowest BCUT2D eigenvalue weighted by atomic mass is 10.0. The van der Waals surface area contributed by atoms with Crippen LogP contribution in [0.1, 0.15) is 0 Å². The average Bonchev–Trinajstić information content (AvgIpc) is 3.18. The first-order valence-electron chi connectivity index (χ1n) is 8.78. The Morgan fingerprint density at radius 2 is 1.59 bits per heavy atom. The summed E-state index contributed by atoms with van der Waals surface area (Å²) in [5.41, 5.74) is 11.1. The van der Waals surface area contributed by atoms with Crippen molar-refractivity contribution in [2.24, 2.45) is 14.1 Å². The number of nitrogens with two attached hydrogens (primary N) is 1. The number of aromatic nitrogens is 6. The molecule has 0 aliphatic rings. The summed E-state index contributed by atoms with van der Waals surface area (Å²) in [6.45, 7) is 0. The molecule has 0 aliphatic heterocycles. The predicted octanol–water partition coefficient (Wildman–Crippen LogP) is 4.69. The van der Waals surface area contributed by atoms with E-state index in [0.29, 0.717) is 11.4 Å². The molecular weight excluding hydrogens is 498 g/mol. The number of hydrogen-bond donors (Lipinski definition) is 1. The van der Waals surface area contributed by atoms with E-state index in [2.05, 4.69) is 68.7 Å². The number of rotatable bonds is 2. The van der Waals surface area contributed by atoms with Gasteiger partial charge < -0.3 is 14.9 Å². The molecule has 0 bridgehead atoms. The summed E-state index contributed by atoms with van der Waals surface area (Å²) in [5, 5.41) is 10.5. The highest BCUT2D eigenvalue weighted by atomic mass is 79.9. The van der Waals surface area contributed by atoms with Gasteiger partial charge in [0.2, 0.25) is 5.95 Å². The van der Waals surface area contributed by atoms with E-state index in [0.717, 1.165) is 42.0 Å². The summed E-state index contributed by atoms with van der Waals surface area (Å²) in [6, 6.07) is 8.19. The molecule has 4 aromatic heterocycles. The van der Waals surface area contributed by atoms with Gasteiger partial charge in [0.15, 0.2) is 0 Å². The largest absolute Gasteiger partial charge is 0.366 e. The number of hydrogen-bond acceptors (Lipinski definition) is 5. The summed E-state index contributed by atoms with van der Waals surface area (Å²) in [5.74, 6) is 0.135. The topological polar surface area (TPSA) is 87.4 Å². The fourth-order valence-electron chi connectivity index (χ4n) is 3.69. The molecule has 5 rings (SSSR count). The highest BCUT2D eigenvalue weighted by Gasteiger charge is 2.21. The van der Waals surface area contributed by atoms with Crippen LogP contribution in [-0.2, 0) is 14.1 Å². The Labute approximate surface area is 182 Å². The van der Waals surface area contributed by atoms with Crippen molar-refractivity contribution >= 4 is 59.7 Å². The summed E-state index contributed by atoms with van der Waals surface area (Å²) in [7, 11) is 3.97. The van der Waals surface area contributed by atoms with Gasteiger partial charge in [0.05, 0.1) is 0 Å². The maximum atomic E-state index is 5.94. The minimum Gasteiger partial charge on any atom is -0.366 e. The quantitative estimate of drug-likeness (QED) is 0.370. The first kappa shape index (κ1) is 18.3. The zero-order valence-electron chi connectivity index (χ0n) is 15.6. The zero-order chi connectivity index (χ0) is 20.3. The molecule has 0 saturated carbocycles. The number of nitrogen functional groups attached to an aromatic ring is 1. The van der Waals surface area contributed by atoms with Crippen molar-refractivity contribution in [1.82, 2.24) is 29.3 Å². The molecule has 0 aliphatic carbocycles. The first-order valence-corrected chi connectivity index (χ1v) is 10.4. The third-order valence-electron chi connectivity index (χ3n) is 4.95. The molecular formula is C20H15Br2N7. The molecule has 4 heterocycles. The van der Waals surface area contributed by atoms with Crippen molar-refractivity contribution in [3.05, 3.63) is 51.8 Å². The Hall–Kier alpha value is -2.78. The van der Waals surface area contributed by atoms with Gasteiger partial charge in [0.1, 0.15) is 17.0 Å². The van der Waals surface area contributed by atoms with Gasteiger partial charge in [-0.3, -0.25) is 0 Å². The molecule has 5 aromatic rings. The van der Waals surface area contributed by atoms with Crippen molar-refractivity contribution in [3.63, 3.8) is 0 Å². The summed E-state index contributed by atoms with van der Waals surface area (Å²) in [4.78, 5) is 9.11. The van der Waals surface area contributed by atoms with Gasteiger partial charge >= 0.3 is 0 Å². The lowest BCUT2D eigenvalue weighted by molar-refractivity contribution is 0.944. The molecule has 9 heteroatoms. The second-order valence-electron chi connectivity index (χ2n) is 6.86. The Morgan fingerprint density at radius 1 is 0.862 bits per heavy atom. The van der Waals surface area contributed by atoms with Gasteiger partial charge in [-0.1, -0.05) is 15.9 Å². The Kier molecular flexibility index (Phi) is 4.18. The lowest BCUT2D eigenvalue weighted by Gasteiger charge is -2.07. The fourth-order valence-corrected chi connectivity index (χ4v) is 4.38. The van der Waals surface area contributed by atoms with Crippen LogP contribution in [0.3, 0.4) is 0 Å². The lowest BCUT2D eigenvalue weighted by Crippen LogP contribution is -2.02. The highest BCUT2D eigenvalue weighted by molar-refractivity contribution is 9.10. The zero-order valence-corrected chi connectivity index (χ0v) is 18.7. The Bertz CT molecular complexity index is 1420. The van der Waals surface area contributed by atoms with E-state index in [9.17, 15) is 0 Å². The smallest absolute Gasteiger partial charge is 0.240 e. The van der Waals surface area contributed by atoms with E-state index in [1.165, 1.54) is 0 Å². The van der Waals surface area contributed by atoms with Crippen LogP contribution in [0.15, 0.2) is 51.8 Å². The minimum absolute atomic E-state index is 0.135. The normalized spacial score (nSPS) is 11.6. The number of fused-ring (bicyclic) bond motifs is 2. The average molecular weight is 513 g/mol. The van der Waals surface area contributed by atoms with Crippen LogP contribution < -0.4 is 5.73 Å². The van der Waals surface area contributed by atoms with Crippen LogP contribution in [-0.4, -0.2) is 29.3 Å². The van der Waals surface area contributed by atoms with Crippen molar-refractivity contribution < 1.29 is 0 Å². The molecule has 0 spiro atoms. The number of halogens is 2. The SMILES string of the molecule is Cn1cc(-c2nc(N)nnc2-c2cn(C)c3ncc(Br)cc23)c2cc(Br)ccc21. The highest BCUT2D eigenvalue weighted by Crippen LogP contribution is 2.38. The van der Waals surface area contributed by atoms with Crippen molar-refractivity contribution in [1.29, 1.82) is 0 Å². The van der Waals surface area contributed by atoms with Crippen molar-refractivity contribution in [2.45, 2.75) is 0 Å². The molecule has 0 radical (unpaired) electrons. The Morgan fingerprint density at radius 3 is 2.41 bits per heavy atom. The number of aryl methyl sites for hydroxylation is 2.